The van der Waals surface area contributed by atoms with Crippen LogP contribution in [0.15, 0.2) is 65.2 Å². The lowest BCUT2D eigenvalue weighted by molar-refractivity contribution is 0.0979. The van der Waals surface area contributed by atoms with Crippen LogP contribution >= 0.6 is 11.6 Å². The molecule has 0 aliphatic heterocycles. The predicted molar refractivity (Wildman–Crippen MR) is 90.7 cm³/mol. The van der Waals surface area contributed by atoms with Crippen LogP contribution in [-0.2, 0) is 0 Å². The molecule has 0 N–H and O–H groups in total. The zero-order chi connectivity index (χ0) is 16.2. The van der Waals surface area contributed by atoms with Gasteiger partial charge in [0, 0.05) is 28.9 Å². The minimum absolute atomic E-state index is 0.198. The maximum absolute atomic E-state index is 12.7. The van der Waals surface area contributed by atoms with Gasteiger partial charge in [0.2, 0.25) is 0 Å². The molecule has 4 nitrogen and oxygen atoms in total. The average Bonchev–Trinajstić information content (AvgIpc) is 3.06. The van der Waals surface area contributed by atoms with Gasteiger partial charge >= 0.3 is 0 Å². The number of aromatic nitrogens is 1. The van der Waals surface area contributed by atoms with Gasteiger partial charge in [-0.1, -0.05) is 47.1 Å². The number of benzene rings is 2. The largest absolute Gasteiger partial charge is 0.355 e. The van der Waals surface area contributed by atoms with Crippen LogP contribution < -0.4 is 4.90 Å². The first-order chi connectivity index (χ1) is 11.2. The third-order valence-corrected chi connectivity index (χ3v) is 3.70. The number of anilines is 1. The number of halogens is 1. The van der Waals surface area contributed by atoms with Crippen LogP contribution in [0.2, 0.25) is 5.02 Å². The van der Waals surface area contributed by atoms with E-state index in [4.69, 9.17) is 16.1 Å². The minimum atomic E-state index is -0.198. The molecule has 0 aliphatic rings. The summed E-state index contributed by atoms with van der Waals surface area (Å²) in [6, 6.07) is 18.3. The van der Waals surface area contributed by atoms with Crippen molar-refractivity contribution in [1.29, 1.82) is 0 Å². The summed E-state index contributed by atoms with van der Waals surface area (Å²) in [4.78, 5) is 14.3. The highest BCUT2D eigenvalue weighted by atomic mass is 35.5. The molecule has 0 radical (unpaired) electrons. The van der Waals surface area contributed by atoms with E-state index in [0.29, 0.717) is 17.3 Å². The Morgan fingerprint density at radius 1 is 1.13 bits per heavy atom. The van der Waals surface area contributed by atoms with E-state index in [0.717, 1.165) is 11.3 Å². The van der Waals surface area contributed by atoms with Crippen molar-refractivity contribution in [2.24, 2.45) is 0 Å². The molecule has 0 saturated heterocycles. The summed E-state index contributed by atoms with van der Waals surface area (Å²) in [5.41, 5.74) is 1.88. The summed E-state index contributed by atoms with van der Waals surface area (Å²) < 4.78 is 5.30. The van der Waals surface area contributed by atoms with E-state index in [1.165, 1.54) is 0 Å². The smallest absolute Gasteiger partial charge is 0.280 e. The van der Waals surface area contributed by atoms with E-state index < -0.39 is 0 Å². The van der Waals surface area contributed by atoms with Crippen LogP contribution in [0.5, 0.6) is 0 Å². The molecule has 0 aliphatic carbocycles. The first kappa shape index (κ1) is 15.3. The second kappa shape index (κ2) is 6.67. The normalized spacial score (nSPS) is 10.5. The molecule has 1 aromatic heterocycles. The Morgan fingerprint density at radius 3 is 2.61 bits per heavy atom. The molecular formula is C18H15ClN2O2. The molecule has 0 unspecified atom stereocenters. The van der Waals surface area contributed by atoms with E-state index in [1.54, 1.807) is 23.1 Å². The number of hydrogen-bond donors (Lipinski definition) is 0. The highest BCUT2D eigenvalue weighted by Gasteiger charge is 2.20. The number of para-hydroxylation sites is 1. The van der Waals surface area contributed by atoms with Crippen molar-refractivity contribution < 1.29 is 9.32 Å². The molecule has 116 valence electrons. The van der Waals surface area contributed by atoms with Gasteiger partial charge in [0.1, 0.15) is 0 Å². The molecule has 0 bridgehead atoms. The van der Waals surface area contributed by atoms with E-state index in [9.17, 15) is 4.79 Å². The first-order valence-electron chi connectivity index (χ1n) is 7.28. The van der Waals surface area contributed by atoms with Gasteiger partial charge in [-0.3, -0.25) is 4.79 Å². The zero-order valence-corrected chi connectivity index (χ0v) is 13.3. The summed E-state index contributed by atoms with van der Waals surface area (Å²) >= 11 is 5.98. The molecule has 3 aromatic rings. The summed E-state index contributed by atoms with van der Waals surface area (Å²) in [5.74, 6) is 0.315. The molecule has 0 atom stereocenters. The average molecular weight is 327 g/mol. The van der Waals surface area contributed by atoms with Crippen LogP contribution in [-0.4, -0.2) is 17.6 Å². The lowest BCUT2D eigenvalue weighted by Crippen LogP contribution is -2.30. The van der Waals surface area contributed by atoms with Gasteiger partial charge in [0.15, 0.2) is 11.5 Å². The van der Waals surface area contributed by atoms with Crippen LogP contribution in [0.25, 0.3) is 11.3 Å². The second-order valence-electron chi connectivity index (χ2n) is 4.97. The monoisotopic (exact) mass is 326 g/mol. The number of carbonyl (C=O) groups excluding carboxylic acids is 1. The third kappa shape index (κ3) is 3.27. The maximum atomic E-state index is 12.7. The van der Waals surface area contributed by atoms with Crippen molar-refractivity contribution in [2.75, 3.05) is 11.4 Å². The fraction of sp³-hybridized carbons (Fsp3) is 0.111. The van der Waals surface area contributed by atoms with Gasteiger partial charge in [0.05, 0.1) is 0 Å². The van der Waals surface area contributed by atoms with Crippen molar-refractivity contribution in [1.82, 2.24) is 5.16 Å². The van der Waals surface area contributed by atoms with Crippen LogP contribution in [0.1, 0.15) is 17.4 Å². The fourth-order valence-electron chi connectivity index (χ4n) is 2.34. The first-order valence-corrected chi connectivity index (χ1v) is 7.66. The van der Waals surface area contributed by atoms with Crippen molar-refractivity contribution >= 4 is 23.2 Å². The molecule has 2 aromatic carbocycles. The zero-order valence-electron chi connectivity index (χ0n) is 12.6. The molecule has 3 rings (SSSR count). The lowest BCUT2D eigenvalue weighted by atomic mass is 10.1. The highest BCUT2D eigenvalue weighted by Crippen LogP contribution is 2.24. The second-order valence-corrected chi connectivity index (χ2v) is 5.41. The number of amides is 1. The van der Waals surface area contributed by atoms with Crippen molar-refractivity contribution in [2.45, 2.75) is 6.92 Å². The molecular weight excluding hydrogens is 312 g/mol. The van der Waals surface area contributed by atoms with E-state index in [-0.39, 0.29) is 11.6 Å². The molecule has 5 heteroatoms. The minimum Gasteiger partial charge on any atom is -0.355 e. The Morgan fingerprint density at radius 2 is 1.91 bits per heavy atom. The van der Waals surface area contributed by atoms with Crippen LogP contribution in [0, 0.1) is 0 Å². The summed E-state index contributed by atoms with van der Waals surface area (Å²) in [5, 5.41) is 4.51. The van der Waals surface area contributed by atoms with Gasteiger partial charge < -0.3 is 9.42 Å². The van der Waals surface area contributed by atoms with Crippen LogP contribution in [0.3, 0.4) is 0 Å². The molecule has 0 spiro atoms. The molecule has 23 heavy (non-hydrogen) atoms. The van der Waals surface area contributed by atoms with E-state index in [2.05, 4.69) is 5.16 Å². The molecule has 0 fully saturated rings. The Labute approximate surface area is 139 Å². The third-order valence-electron chi connectivity index (χ3n) is 3.47. The SMILES string of the molecule is CCN(C(=O)c1cc(-c2cccc(Cl)c2)on1)c1ccccc1. The molecule has 0 saturated carbocycles. The molecule has 1 amide bonds. The summed E-state index contributed by atoms with van der Waals surface area (Å²) in [7, 11) is 0. The number of carbonyl (C=O) groups is 1. The summed E-state index contributed by atoms with van der Waals surface area (Å²) in [6.07, 6.45) is 0. The van der Waals surface area contributed by atoms with Crippen molar-refractivity contribution in [3.8, 4) is 11.3 Å². The number of rotatable bonds is 4. The van der Waals surface area contributed by atoms with Crippen molar-refractivity contribution in [3.05, 3.63) is 71.4 Å². The Hall–Kier alpha value is -2.59. The van der Waals surface area contributed by atoms with E-state index >= 15 is 0 Å². The fourth-order valence-corrected chi connectivity index (χ4v) is 2.53. The Bertz CT molecular complexity index is 815. The van der Waals surface area contributed by atoms with Gasteiger partial charge in [0.25, 0.3) is 5.91 Å². The van der Waals surface area contributed by atoms with Crippen LogP contribution in [0.4, 0.5) is 5.69 Å². The quantitative estimate of drug-likeness (QED) is 0.700. The number of hydrogen-bond acceptors (Lipinski definition) is 3. The van der Waals surface area contributed by atoms with Gasteiger partial charge in [-0.2, -0.15) is 0 Å². The predicted octanol–water partition coefficient (Wildman–Crippen LogP) is 4.66. The Kier molecular flexibility index (Phi) is 4.44. The van der Waals surface area contributed by atoms with Gasteiger partial charge in [-0.15, -0.1) is 0 Å². The highest BCUT2D eigenvalue weighted by molar-refractivity contribution is 6.30. The molecule has 1 heterocycles. The maximum Gasteiger partial charge on any atom is 0.280 e. The standard InChI is InChI=1S/C18H15ClN2O2/c1-2-21(15-9-4-3-5-10-15)18(22)16-12-17(23-20-16)13-7-6-8-14(19)11-13/h3-12H,2H2,1H3. The summed E-state index contributed by atoms with van der Waals surface area (Å²) in [6.45, 7) is 2.46. The van der Waals surface area contributed by atoms with Gasteiger partial charge in [-0.25, -0.2) is 0 Å². The number of nitrogens with zero attached hydrogens (tertiary/aromatic N) is 2. The topological polar surface area (TPSA) is 46.3 Å². The van der Waals surface area contributed by atoms with Crippen molar-refractivity contribution in [3.63, 3.8) is 0 Å². The van der Waals surface area contributed by atoms with E-state index in [1.807, 2.05) is 49.4 Å². The lowest BCUT2D eigenvalue weighted by Gasteiger charge is -2.19. The van der Waals surface area contributed by atoms with Gasteiger partial charge in [-0.05, 0) is 31.2 Å². The Balaban J connectivity index is 1.89.